The van der Waals surface area contributed by atoms with Gasteiger partial charge in [0, 0.05) is 18.7 Å². The molecule has 7 heteroatoms. The molecule has 0 aliphatic rings. The number of nitro benzene ring substituents is 1. The summed E-state index contributed by atoms with van der Waals surface area (Å²) in [7, 11) is 0. The van der Waals surface area contributed by atoms with E-state index in [9.17, 15) is 14.5 Å². The summed E-state index contributed by atoms with van der Waals surface area (Å²) in [4.78, 5) is 10.4. The fourth-order valence-corrected chi connectivity index (χ4v) is 2.76. The van der Waals surface area contributed by atoms with Crippen LogP contribution in [0.4, 0.5) is 15.8 Å². The average molecular weight is 392 g/mol. The number of nitrogens with one attached hydrogen (secondary N) is 1. The number of halogens is 2. The van der Waals surface area contributed by atoms with Crippen LogP contribution in [0.15, 0.2) is 29.0 Å². The van der Waals surface area contributed by atoms with Crippen LogP contribution >= 0.6 is 33.9 Å². The Morgan fingerprint density at radius 3 is 2.89 bits per heavy atom. The smallest absolute Gasteiger partial charge is 0.293 e. The summed E-state index contributed by atoms with van der Waals surface area (Å²) in [5.41, 5.74) is 1.28. The molecule has 0 spiro atoms. The van der Waals surface area contributed by atoms with Gasteiger partial charge in [0.05, 0.1) is 8.49 Å². The summed E-state index contributed by atoms with van der Waals surface area (Å²) >= 11 is 3.34. The first-order valence-electron chi connectivity index (χ1n) is 5.46. The van der Waals surface area contributed by atoms with Gasteiger partial charge in [-0.15, -0.1) is 0 Å². The minimum Gasteiger partial charge on any atom is -0.379 e. The topological polar surface area (TPSA) is 55.2 Å². The number of nitrogens with zero attached hydrogens (tertiary/aromatic N) is 1. The van der Waals surface area contributed by atoms with Gasteiger partial charge in [-0.1, -0.05) is 0 Å². The van der Waals surface area contributed by atoms with Gasteiger partial charge in [0.25, 0.3) is 5.69 Å². The van der Waals surface area contributed by atoms with Crippen LogP contribution in [-0.4, -0.2) is 11.5 Å². The van der Waals surface area contributed by atoms with E-state index in [2.05, 4.69) is 5.32 Å². The van der Waals surface area contributed by atoms with Gasteiger partial charge in [0.15, 0.2) is 0 Å². The van der Waals surface area contributed by atoms with Crippen LogP contribution in [0.25, 0.3) is 0 Å². The molecule has 0 unspecified atom stereocenters. The fourth-order valence-electron chi connectivity index (χ4n) is 1.61. The van der Waals surface area contributed by atoms with Crippen molar-refractivity contribution in [1.29, 1.82) is 0 Å². The van der Waals surface area contributed by atoms with E-state index in [1.54, 1.807) is 33.9 Å². The second kappa shape index (κ2) is 6.29. The van der Waals surface area contributed by atoms with Gasteiger partial charge >= 0.3 is 0 Å². The van der Waals surface area contributed by atoms with Crippen LogP contribution in [0.5, 0.6) is 0 Å². The summed E-state index contributed by atoms with van der Waals surface area (Å²) in [6, 6.07) is 4.41. The largest absolute Gasteiger partial charge is 0.379 e. The van der Waals surface area contributed by atoms with Crippen molar-refractivity contribution in [3.05, 3.63) is 54.0 Å². The van der Waals surface area contributed by atoms with Crippen molar-refractivity contribution in [2.24, 2.45) is 0 Å². The number of hydrogen-bond acceptors (Lipinski definition) is 4. The Balaban J connectivity index is 2.10. The molecule has 4 nitrogen and oxygen atoms in total. The molecule has 1 heterocycles. The van der Waals surface area contributed by atoms with Crippen molar-refractivity contribution >= 4 is 45.3 Å². The Bertz CT molecular complexity index is 590. The molecule has 1 aromatic carbocycles. The van der Waals surface area contributed by atoms with Crippen LogP contribution in [0.1, 0.15) is 5.56 Å². The SMILES string of the molecule is O=[N+]([O-])c1cc(I)c(F)cc1NCCc1ccsc1. The van der Waals surface area contributed by atoms with Crippen molar-refractivity contribution in [2.75, 3.05) is 11.9 Å². The molecule has 0 radical (unpaired) electrons. The molecule has 0 atom stereocenters. The predicted molar refractivity (Wildman–Crippen MR) is 82.3 cm³/mol. The summed E-state index contributed by atoms with van der Waals surface area (Å²) < 4.78 is 13.7. The van der Waals surface area contributed by atoms with Crippen molar-refractivity contribution in [1.82, 2.24) is 0 Å². The van der Waals surface area contributed by atoms with E-state index in [4.69, 9.17) is 0 Å². The zero-order valence-electron chi connectivity index (χ0n) is 9.73. The maximum absolute atomic E-state index is 13.5. The standard InChI is InChI=1S/C12H10FIN2O2S/c13-9-5-11(12(16(17)18)6-10(9)14)15-3-1-8-2-4-19-7-8/h2,4-7,15H,1,3H2. The maximum Gasteiger partial charge on any atom is 0.293 e. The number of anilines is 1. The molecule has 100 valence electrons. The number of hydrogen-bond donors (Lipinski definition) is 1. The van der Waals surface area contributed by atoms with Crippen LogP contribution in [0, 0.1) is 19.5 Å². The van der Waals surface area contributed by atoms with E-state index in [0.717, 1.165) is 12.0 Å². The van der Waals surface area contributed by atoms with Gasteiger partial charge in [-0.25, -0.2) is 4.39 Å². The van der Waals surface area contributed by atoms with E-state index in [1.807, 2.05) is 16.8 Å². The van der Waals surface area contributed by atoms with E-state index >= 15 is 0 Å². The molecule has 1 N–H and O–H groups in total. The Kier molecular flexibility index (Phi) is 4.70. The lowest BCUT2D eigenvalue weighted by atomic mass is 10.2. The molecule has 0 bridgehead atoms. The van der Waals surface area contributed by atoms with Crippen molar-refractivity contribution < 1.29 is 9.31 Å². The molecule has 0 saturated heterocycles. The highest BCUT2D eigenvalue weighted by atomic mass is 127. The molecular formula is C12H10FIN2O2S. The van der Waals surface area contributed by atoms with Crippen LogP contribution in [-0.2, 0) is 6.42 Å². The highest BCUT2D eigenvalue weighted by Crippen LogP contribution is 2.28. The van der Waals surface area contributed by atoms with Gasteiger partial charge < -0.3 is 5.32 Å². The van der Waals surface area contributed by atoms with Crippen LogP contribution < -0.4 is 5.32 Å². The second-order valence-corrected chi connectivity index (χ2v) is 5.79. The molecule has 19 heavy (non-hydrogen) atoms. The minimum absolute atomic E-state index is 0.101. The zero-order valence-corrected chi connectivity index (χ0v) is 12.7. The molecule has 2 rings (SSSR count). The first kappa shape index (κ1) is 14.2. The summed E-state index contributed by atoms with van der Waals surface area (Å²) in [6.07, 6.45) is 0.744. The molecule has 0 aliphatic heterocycles. The summed E-state index contributed by atoms with van der Waals surface area (Å²) in [5.74, 6) is -0.454. The third kappa shape index (κ3) is 3.63. The zero-order chi connectivity index (χ0) is 13.8. The van der Waals surface area contributed by atoms with Crippen molar-refractivity contribution in [3.8, 4) is 0 Å². The Morgan fingerprint density at radius 1 is 1.47 bits per heavy atom. The van der Waals surface area contributed by atoms with E-state index in [0.29, 0.717) is 6.54 Å². The van der Waals surface area contributed by atoms with Crippen molar-refractivity contribution in [3.63, 3.8) is 0 Å². The molecule has 2 aromatic rings. The number of thiophene rings is 1. The summed E-state index contributed by atoms with van der Waals surface area (Å²) in [5, 5.41) is 17.8. The normalized spacial score (nSPS) is 10.4. The van der Waals surface area contributed by atoms with Gasteiger partial charge in [0.1, 0.15) is 11.5 Å². The highest BCUT2D eigenvalue weighted by Gasteiger charge is 2.17. The van der Waals surface area contributed by atoms with E-state index in [-0.39, 0.29) is 14.9 Å². The highest BCUT2D eigenvalue weighted by molar-refractivity contribution is 14.1. The Hall–Kier alpha value is -1.22. The molecule has 1 aromatic heterocycles. The van der Waals surface area contributed by atoms with Crippen molar-refractivity contribution in [2.45, 2.75) is 6.42 Å². The molecule has 0 aliphatic carbocycles. The predicted octanol–water partition coefficient (Wildman–Crippen LogP) is 4.05. The maximum atomic E-state index is 13.5. The van der Waals surface area contributed by atoms with Gasteiger partial charge in [-0.05, 0) is 51.4 Å². The Labute approximate surface area is 126 Å². The number of nitro groups is 1. The quantitative estimate of drug-likeness (QED) is 0.475. The van der Waals surface area contributed by atoms with Crippen LogP contribution in [0.2, 0.25) is 0 Å². The first-order valence-corrected chi connectivity index (χ1v) is 7.48. The molecule has 0 saturated carbocycles. The van der Waals surface area contributed by atoms with E-state index in [1.165, 1.54) is 12.1 Å². The minimum atomic E-state index is -0.505. The monoisotopic (exact) mass is 392 g/mol. The van der Waals surface area contributed by atoms with Gasteiger partial charge in [-0.2, -0.15) is 11.3 Å². The third-order valence-electron chi connectivity index (χ3n) is 2.54. The summed E-state index contributed by atoms with van der Waals surface area (Å²) in [6.45, 7) is 0.525. The number of benzene rings is 1. The molecular weight excluding hydrogens is 382 g/mol. The second-order valence-electron chi connectivity index (χ2n) is 3.85. The third-order valence-corrected chi connectivity index (χ3v) is 4.10. The number of rotatable bonds is 5. The van der Waals surface area contributed by atoms with Gasteiger partial charge in [-0.3, -0.25) is 10.1 Å². The molecule has 0 fully saturated rings. The molecule has 0 amide bonds. The lowest BCUT2D eigenvalue weighted by molar-refractivity contribution is -0.384. The Morgan fingerprint density at radius 2 is 2.26 bits per heavy atom. The first-order chi connectivity index (χ1) is 9.08. The average Bonchev–Trinajstić information content (AvgIpc) is 2.86. The lowest BCUT2D eigenvalue weighted by Gasteiger charge is -2.07. The lowest BCUT2D eigenvalue weighted by Crippen LogP contribution is -2.07. The fraction of sp³-hybridized carbons (Fsp3) is 0.167. The van der Waals surface area contributed by atoms with E-state index < -0.39 is 10.7 Å². The van der Waals surface area contributed by atoms with Gasteiger partial charge in [0.2, 0.25) is 0 Å². The van der Waals surface area contributed by atoms with Crippen LogP contribution in [0.3, 0.4) is 0 Å².